The highest BCUT2D eigenvalue weighted by Crippen LogP contribution is 2.32. The summed E-state index contributed by atoms with van der Waals surface area (Å²) >= 11 is 0. The Labute approximate surface area is 145 Å². The zero-order chi connectivity index (χ0) is 18.7. The van der Waals surface area contributed by atoms with Gasteiger partial charge < -0.3 is 5.32 Å². The Morgan fingerprint density at radius 2 is 1.88 bits per heavy atom. The Kier molecular flexibility index (Phi) is 5.97. The standard InChI is InChI=1S/C16H21F3N2O3S/c1-25(23,24)21(11-15(22)20-13-7-3-2-4-8-13)14-9-5-6-12(10-14)16(17,18)19/h5-6,9-10,13H,2-4,7-8,11H2,1H3,(H,20,22). The number of hydrogen-bond acceptors (Lipinski definition) is 3. The second kappa shape index (κ2) is 7.63. The van der Waals surface area contributed by atoms with Crippen LogP contribution in [0, 0.1) is 0 Å². The Bertz CT molecular complexity index is 714. The minimum absolute atomic E-state index is 0.0100. The van der Waals surface area contributed by atoms with Crippen LogP contribution in [0.25, 0.3) is 0 Å². The number of nitrogens with zero attached hydrogens (tertiary/aromatic N) is 1. The molecule has 1 aromatic carbocycles. The predicted molar refractivity (Wildman–Crippen MR) is 88.6 cm³/mol. The molecule has 0 atom stereocenters. The number of sulfonamides is 1. The number of alkyl halides is 3. The van der Waals surface area contributed by atoms with Gasteiger partial charge in [0.05, 0.1) is 17.5 Å². The number of amides is 1. The molecule has 1 aromatic rings. The molecule has 1 aliphatic rings. The van der Waals surface area contributed by atoms with Crippen LogP contribution < -0.4 is 9.62 Å². The van der Waals surface area contributed by atoms with Crippen LogP contribution in [0.1, 0.15) is 37.7 Å². The first-order valence-electron chi connectivity index (χ1n) is 8.02. The average molecular weight is 378 g/mol. The van der Waals surface area contributed by atoms with Gasteiger partial charge in [-0.1, -0.05) is 25.3 Å². The summed E-state index contributed by atoms with van der Waals surface area (Å²) in [6.45, 7) is -0.545. The van der Waals surface area contributed by atoms with Crippen LogP contribution in [0.3, 0.4) is 0 Å². The monoisotopic (exact) mass is 378 g/mol. The van der Waals surface area contributed by atoms with Crippen LogP contribution in [0.4, 0.5) is 18.9 Å². The van der Waals surface area contributed by atoms with E-state index >= 15 is 0 Å². The van der Waals surface area contributed by atoms with E-state index in [9.17, 15) is 26.4 Å². The lowest BCUT2D eigenvalue weighted by Gasteiger charge is -2.26. The SMILES string of the molecule is CS(=O)(=O)N(CC(=O)NC1CCCCC1)c1cccc(C(F)(F)F)c1. The highest BCUT2D eigenvalue weighted by Gasteiger charge is 2.32. The van der Waals surface area contributed by atoms with Gasteiger partial charge in [-0.05, 0) is 31.0 Å². The Hall–Kier alpha value is -1.77. The number of carbonyl (C=O) groups is 1. The third-order valence-corrected chi connectivity index (χ3v) is 5.26. The summed E-state index contributed by atoms with van der Waals surface area (Å²) in [7, 11) is -3.91. The lowest BCUT2D eigenvalue weighted by Crippen LogP contribution is -2.44. The minimum Gasteiger partial charge on any atom is -0.352 e. The molecule has 2 rings (SSSR count). The summed E-state index contributed by atoms with van der Waals surface area (Å²) in [5.74, 6) is -0.519. The molecule has 5 nitrogen and oxygen atoms in total. The lowest BCUT2D eigenvalue weighted by atomic mass is 9.95. The number of benzene rings is 1. The number of halogens is 3. The van der Waals surface area contributed by atoms with Crippen molar-refractivity contribution in [3.8, 4) is 0 Å². The Morgan fingerprint density at radius 1 is 1.24 bits per heavy atom. The van der Waals surface area contributed by atoms with Gasteiger partial charge in [-0.15, -0.1) is 0 Å². The topological polar surface area (TPSA) is 66.5 Å². The first-order chi connectivity index (χ1) is 11.6. The van der Waals surface area contributed by atoms with E-state index in [4.69, 9.17) is 0 Å². The Balaban J connectivity index is 2.18. The van der Waals surface area contributed by atoms with Gasteiger partial charge in [0.1, 0.15) is 6.54 Å². The smallest absolute Gasteiger partial charge is 0.352 e. The normalized spacial score (nSPS) is 16.5. The summed E-state index contributed by atoms with van der Waals surface area (Å²) in [6, 6.07) is 3.93. The summed E-state index contributed by atoms with van der Waals surface area (Å²) in [5.41, 5.74) is -1.15. The Morgan fingerprint density at radius 3 is 2.44 bits per heavy atom. The third-order valence-electron chi connectivity index (χ3n) is 4.12. The van der Waals surface area contributed by atoms with Crippen molar-refractivity contribution in [3.63, 3.8) is 0 Å². The molecule has 0 aliphatic heterocycles. The number of anilines is 1. The van der Waals surface area contributed by atoms with Crippen molar-refractivity contribution < 1.29 is 26.4 Å². The van der Waals surface area contributed by atoms with Crippen molar-refractivity contribution in [1.29, 1.82) is 0 Å². The van der Waals surface area contributed by atoms with Crippen molar-refractivity contribution in [3.05, 3.63) is 29.8 Å². The third kappa shape index (κ3) is 5.62. The van der Waals surface area contributed by atoms with Gasteiger partial charge in [-0.2, -0.15) is 13.2 Å². The summed E-state index contributed by atoms with van der Waals surface area (Å²) < 4.78 is 63.2. The second-order valence-corrected chi connectivity index (χ2v) is 8.13. The van der Waals surface area contributed by atoms with Gasteiger partial charge in [0.15, 0.2) is 0 Å². The van der Waals surface area contributed by atoms with Gasteiger partial charge in [0.25, 0.3) is 0 Å². The van der Waals surface area contributed by atoms with Crippen LogP contribution in [0.15, 0.2) is 24.3 Å². The molecule has 25 heavy (non-hydrogen) atoms. The zero-order valence-corrected chi connectivity index (χ0v) is 14.7. The van der Waals surface area contributed by atoms with Gasteiger partial charge in [0, 0.05) is 6.04 Å². The summed E-state index contributed by atoms with van der Waals surface area (Å²) in [4.78, 5) is 12.2. The molecule has 0 bridgehead atoms. The van der Waals surface area contributed by atoms with Crippen molar-refractivity contribution in [2.45, 2.75) is 44.3 Å². The van der Waals surface area contributed by atoms with Crippen molar-refractivity contribution >= 4 is 21.6 Å². The lowest BCUT2D eigenvalue weighted by molar-refractivity contribution is -0.137. The maximum atomic E-state index is 12.9. The van der Waals surface area contributed by atoms with Crippen molar-refractivity contribution in [2.24, 2.45) is 0 Å². The quantitative estimate of drug-likeness (QED) is 0.857. The van der Waals surface area contributed by atoms with Crippen LogP contribution in [-0.2, 0) is 21.0 Å². The molecule has 0 radical (unpaired) electrons. The van der Waals surface area contributed by atoms with E-state index in [-0.39, 0.29) is 11.7 Å². The van der Waals surface area contributed by atoms with Crippen LogP contribution >= 0.6 is 0 Å². The molecule has 0 unspecified atom stereocenters. The van der Waals surface area contributed by atoms with Crippen molar-refractivity contribution in [2.75, 3.05) is 17.1 Å². The van der Waals surface area contributed by atoms with Crippen molar-refractivity contribution in [1.82, 2.24) is 5.32 Å². The number of hydrogen-bond donors (Lipinski definition) is 1. The molecule has 9 heteroatoms. The van der Waals surface area contributed by atoms with E-state index in [1.807, 2.05) is 0 Å². The molecule has 1 saturated carbocycles. The molecule has 0 saturated heterocycles. The highest BCUT2D eigenvalue weighted by molar-refractivity contribution is 7.92. The van der Waals surface area contributed by atoms with E-state index in [1.54, 1.807) is 0 Å². The first-order valence-corrected chi connectivity index (χ1v) is 9.86. The van der Waals surface area contributed by atoms with Gasteiger partial charge >= 0.3 is 6.18 Å². The second-order valence-electron chi connectivity index (χ2n) is 6.22. The summed E-state index contributed by atoms with van der Waals surface area (Å²) in [5, 5.41) is 2.77. The van der Waals surface area contributed by atoms with E-state index in [0.717, 1.165) is 56.6 Å². The maximum absolute atomic E-state index is 12.9. The van der Waals surface area contributed by atoms with E-state index in [1.165, 1.54) is 6.07 Å². The maximum Gasteiger partial charge on any atom is 0.416 e. The fourth-order valence-corrected chi connectivity index (χ4v) is 3.74. The predicted octanol–water partition coefficient (Wildman–Crippen LogP) is 2.92. The molecule has 140 valence electrons. The summed E-state index contributed by atoms with van der Waals surface area (Å²) in [6.07, 6.45) is 1.02. The number of nitrogens with one attached hydrogen (secondary N) is 1. The number of rotatable bonds is 5. The largest absolute Gasteiger partial charge is 0.416 e. The molecular formula is C16H21F3N2O3S. The number of carbonyl (C=O) groups excluding carboxylic acids is 1. The molecule has 1 amide bonds. The fourth-order valence-electron chi connectivity index (χ4n) is 2.89. The van der Waals surface area contributed by atoms with Crippen LogP contribution in [0.5, 0.6) is 0 Å². The van der Waals surface area contributed by atoms with E-state index < -0.39 is 34.2 Å². The molecule has 0 spiro atoms. The molecule has 1 fully saturated rings. The molecular weight excluding hydrogens is 357 g/mol. The van der Waals surface area contributed by atoms with Gasteiger partial charge in [0.2, 0.25) is 15.9 Å². The van der Waals surface area contributed by atoms with Crippen LogP contribution in [0.2, 0.25) is 0 Å². The molecule has 1 aliphatic carbocycles. The average Bonchev–Trinajstić information content (AvgIpc) is 2.52. The molecule has 0 aromatic heterocycles. The van der Waals surface area contributed by atoms with Gasteiger partial charge in [-0.25, -0.2) is 8.42 Å². The first kappa shape index (κ1) is 19.6. The highest BCUT2D eigenvalue weighted by atomic mass is 32.2. The fraction of sp³-hybridized carbons (Fsp3) is 0.562. The van der Waals surface area contributed by atoms with Crippen LogP contribution in [-0.4, -0.2) is 33.2 Å². The van der Waals surface area contributed by atoms with Gasteiger partial charge in [-0.3, -0.25) is 9.10 Å². The van der Waals surface area contributed by atoms with E-state index in [2.05, 4.69) is 5.32 Å². The molecule has 0 heterocycles. The molecule has 1 N–H and O–H groups in total. The zero-order valence-electron chi connectivity index (χ0n) is 13.8. The minimum atomic E-state index is -4.59. The van der Waals surface area contributed by atoms with E-state index in [0.29, 0.717) is 4.31 Å².